The fourth-order valence-electron chi connectivity index (χ4n) is 0.843. The normalized spacial score (nSPS) is 9.83. The second kappa shape index (κ2) is 4.98. The molecule has 1 rings (SSSR count). The van der Waals surface area contributed by atoms with E-state index in [0.29, 0.717) is 9.76 Å². The molecule has 0 heterocycles. The van der Waals surface area contributed by atoms with Crippen molar-refractivity contribution in [3.05, 3.63) is 29.8 Å². The van der Waals surface area contributed by atoms with Gasteiger partial charge in [-0.05, 0) is 25.1 Å². The standard InChI is InChI=1S/C10H14OSi/c1-3-8-12-11-10-6-4-9(2)5-7-10/h4-7H,3,8H2,1-2H3. The van der Waals surface area contributed by atoms with Gasteiger partial charge in [0, 0.05) is 0 Å². The SMILES string of the molecule is CCC[Si]Oc1ccc(C)cc1. The molecule has 0 aliphatic heterocycles. The van der Waals surface area contributed by atoms with Crippen LogP contribution in [-0.4, -0.2) is 9.76 Å². The van der Waals surface area contributed by atoms with Crippen LogP contribution in [0.15, 0.2) is 24.3 Å². The molecule has 0 aliphatic carbocycles. The van der Waals surface area contributed by atoms with Crippen LogP contribution in [0.25, 0.3) is 0 Å². The second-order valence-electron chi connectivity index (χ2n) is 2.81. The summed E-state index contributed by atoms with van der Waals surface area (Å²) in [7, 11) is 0.606. The number of rotatable bonds is 4. The molecule has 0 saturated heterocycles. The van der Waals surface area contributed by atoms with Gasteiger partial charge in [0.25, 0.3) is 0 Å². The van der Waals surface area contributed by atoms with Gasteiger partial charge in [-0.15, -0.1) is 0 Å². The van der Waals surface area contributed by atoms with E-state index in [9.17, 15) is 0 Å². The molecule has 2 radical (unpaired) electrons. The minimum absolute atomic E-state index is 0.606. The summed E-state index contributed by atoms with van der Waals surface area (Å²) in [4.78, 5) is 0. The molecule has 0 bridgehead atoms. The van der Waals surface area contributed by atoms with Gasteiger partial charge in [0.2, 0.25) is 0 Å². The van der Waals surface area contributed by atoms with Crippen LogP contribution >= 0.6 is 0 Å². The van der Waals surface area contributed by atoms with Gasteiger partial charge in [0.1, 0.15) is 5.75 Å². The fraction of sp³-hybridized carbons (Fsp3) is 0.400. The average Bonchev–Trinajstić information content (AvgIpc) is 2.09. The van der Waals surface area contributed by atoms with E-state index in [1.807, 2.05) is 12.1 Å². The zero-order chi connectivity index (χ0) is 8.81. The highest BCUT2D eigenvalue weighted by molar-refractivity contribution is 6.28. The predicted octanol–water partition coefficient (Wildman–Crippen LogP) is 2.82. The van der Waals surface area contributed by atoms with Crippen molar-refractivity contribution in [1.29, 1.82) is 0 Å². The van der Waals surface area contributed by atoms with Crippen molar-refractivity contribution in [3.8, 4) is 5.75 Å². The maximum atomic E-state index is 5.53. The first kappa shape index (κ1) is 9.33. The third-order valence-electron chi connectivity index (χ3n) is 1.56. The lowest BCUT2D eigenvalue weighted by molar-refractivity contribution is 0.590. The second-order valence-corrected chi connectivity index (χ2v) is 3.80. The number of hydrogen-bond donors (Lipinski definition) is 0. The van der Waals surface area contributed by atoms with Crippen LogP contribution < -0.4 is 4.43 Å². The van der Waals surface area contributed by atoms with Gasteiger partial charge in [-0.1, -0.05) is 31.0 Å². The molecule has 0 spiro atoms. The fourth-order valence-corrected chi connectivity index (χ4v) is 1.45. The van der Waals surface area contributed by atoms with Crippen LogP contribution in [0.2, 0.25) is 6.04 Å². The van der Waals surface area contributed by atoms with E-state index in [0.717, 1.165) is 11.8 Å². The molecule has 1 aromatic carbocycles. The van der Waals surface area contributed by atoms with Gasteiger partial charge < -0.3 is 4.43 Å². The quantitative estimate of drug-likeness (QED) is 0.509. The molecule has 64 valence electrons. The molecular weight excluding hydrogens is 164 g/mol. The van der Waals surface area contributed by atoms with E-state index in [-0.39, 0.29) is 0 Å². The Hall–Kier alpha value is -0.763. The highest BCUT2D eigenvalue weighted by Crippen LogP contribution is 2.10. The van der Waals surface area contributed by atoms with E-state index in [1.54, 1.807) is 0 Å². The van der Waals surface area contributed by atoms with Crippen molar-refractivity contribution in [3.63, 3.8) is 0 Å². The highest BCUT2D eigenvalue weighted by Gasteiger charge is 1.93. The van der Waals surface area contributed by atoms with Gasteiger partial charge in [-0.3, -0.25) is 0 Å². The summed E-state index contributed by atoms with van der Waals surface area (Å²) < 4.78 is 5.53. The molecule has 1 aromatic rings. The number of hydrogen-bond acceptors (Lipinski definition) is 1. The van der Waals surface area contributed by atoms with Crippen molar-refractivity contribution in [1.82, 2.24) is 0 Å². The minimum Gasteiger partial charge on any atom is -0.541 e. The van der Waals surface area contributed by atoms with E-state index in [4.69, 9.17) is 4.43 Å². The van der Waals surface area contributed by atoms with Gasteiger partial charge in [-0.25, -0.2) is 0 Å². The van der Waals surface area contributed by atoms with Crippen LogP contribution in [0.4, 0.5) is 0 Å². The smallest absolute Gasteiger partial charge is 0.310 e. The highest BCUT2D eigenvalue weighted by atomic mass is 28.2. The minimum atomic E-state index is 0.606. The largest absolute Gasteiger partial charge is 0.541 e. The van der Waals surface area contributed by atoms with E-state index >= 15 is 0 Å². The van der Waals surface area contributed by atoms with Crippen molar-refractivity contribution < 1.29 is 4.43 Å². The first-order valence-corrected chi connectivity index (χ1v) is 5.41. The molecule has 0 aromatic heterocycles. The van der Waals surface area contributed by atoms with Crippen molar-refractivity contribution >= 4 is 9.76 Å². The van der Waals surface area contributed by atoms with Crippen molar-refractivity contribution in [2.45, 2.75) is 26.3 Å². The maximum absolute atomic E-state index is 5.53. The maximum Gasteiger partial charge on any atom is 0.310 e. The lowest BCUT2D eigenvalue weighted by atomic mass is 10.2. The average molecular weight is 178 g/mol. The van der Waals surface area contributed by atoms with E-state index in [1.165, 1.54) is 12.0 Å². The first-order valence-electron chi connectivity index (χ1n) is 4.29. The monoisotopic (exact) mass is 178 g/mol. The van der Waals surface area contributed by atoms with Crippen LogP contribution in [-0.2, 0) is 0 Å². The Morgan fingerprint density at radius 1 is 1.25 bits per heavy atom. The summed E-state index contributed by atoms with van der Waals surface area (Å²) in [5.41, 5.74) is 1.28. The molecule has 12 heavy (non-hydrogen) atoms. The third-order valence-corrected chi connectivity index (χ3v) is 2.65. The summed E-state index contributed by atoms with van der Waals surface area (Å²) >= 11 is 0. The van der Waals surface area contributed by atoms with Crippen LogP contribution in [0.3, 0.4) is 0 Å². The van der Waals surface area contributed by atoms with Crippen LogP contribution in [0, 0.1) is 6.92 Å². The lowest BCUT2D eigenvalue weighted by Crippen LogP contribution is -2.00. The molecule has 0 N–H and O–H groups in total. The molecule has 1 nitrogen and oxygen atoms in total. The zero-order valence-corrected chi connectivity index (χ0v) is 8.63. The van der Waals surface area contributed by atoms with Crippen molar-refractivity contribution in [2.24, 2.45) is 0 Å². The summed E-state index contributed by atoms with van der Waals surface area (Å²) in [6.07, 6.45) is 1.20. The van der Waals surface area contributed by atoms with Crippen LogP contribution in [0.1, 0.15) is 18.9 Å². The zero-order valence-electron chi connectivity index (χ0n) is 7.63. The summed E-state index contributed by atoms with van der Waals surface area (Å²) in [5.74, 6) is 0.993. The molecule has 0 atom stereocenters. The summed E-state index contributed by atoms with van der Waals surface area (Å²) in [5, 5.41) is 0. The molecule has 0 unspecified atom stereocenters. The Bertz CT molecular complexity index is 218. The first-order chi connectivity index (χ1) is 5.83. The van der Waals surface area contributed by atoms with E-state index in [2.05, 4.69) is 26.0 Å². The molecular formula is C10H14OSi. The predicted molar refractivity (Wildman–Crippen MR) is 52.7 cm³/mol. The molecule has 2 heteroatoms. The van der Waals surface area contributed by atoms with Gasteiger partial charge in [0.15, 0.2) is 0 Å². The Balaban J connectivity index is 2.37. The van der Waals surface area contributed by atoms with Gasteiger partial charge >= 0.3 is 9.76 Å². The third kappa shape index (κ3) is 3.09. The molecule has 0 aliphatic rings. The Kier molecular flexibility index (Phi) is 3.87. The van der Waals surface area contributed by atoms with Crippen molar-refractivity contribution in [2.75, 3.05) is 0 Å². The summed E-state index contributed by atoms with van der Waals surface area (Å²) in [6, 6.07) is 9.36. The molecule has 0 fully saturated rings. The number of aryl methyl sites for hydroxylation is 1. The van der Waals surface area contributed by atoms with E-state index < -0.39 is 0 Å². The van der Waals surface area contributed by atoms with Gasteiger partial charge in [0.05, 0.1) is 0 Å². The Morgan fingerprint density at radius 3 is 2.50 bits per heavy atom. The number of benzene rings is 1. The topological polar surface area (TPSA) is 9.23 Å². The molecule has 0 saturated carbocycles. The molecule has 0 amide bonds. The van der Waals surface area contributed by atoms with Gasteiger partial charge in [-0.2, -0.15) is 0 Å². The Labute approximate surface area is 76.7 Å². The summed E-state index contributed by atoms with van der Waals surface area (Å²) in [6.45, 7) is 4.25. The van der Waals surface area contributed by atoms with Crippen LogP contribution in [0.5, 0.6) is 5.75 Å². The Morgan fingerprint density at radius 2 is 1.92 bits per heavy atom. The lowest BCUT2D eigenvalue weighted by Gasteiger charge is -2.03.